The average Bonchev–Trinajstić information content (AvgIpc) is 2.81. The van der Waals surface area contributed by atoms with E-state index >= 15 is 0 Å². The second-order valence-electron chi connectivity index (χ2n) is 6.31. The van der Waals surface area contributed by atoms with Crippen LogP contribution in [0.5, 0.6) is 0 Å². The predicted octanol–water partition coefficient (Wildman–Crippen LogP) is -4.30. The fourth-order valence-corrected chi connectivity index (χ4v) is 9.16. The zero-order valence-electron chi connectivity index (χ0n) is 14.3. The summed E-state index contributed by atoms with van der Waals surface area (Å²) >= 11 is 2.33. The van der Waals surface area contributed by atoms with E-state index in [-0.39, 0.29) is 37.2 Å². The summed E-state index contributed by atoms with van der Waals surface area (Å²) < 4.78 is 1.61. The van der Waals surface area contributed by atoms with Gasteiger partial charge in [0, 0.05) is 0 Å². The van der Waals surface area contributed by atoms with Crippen LogP contribution in [0.1, 0.15) is 37.3 Å². The minimum Gasteiger partial charge on any atom is -1.00 e. The van der Waals surface area contributed by atoms with Gasteiger partial charge in [0.2, 0.25) is 0 Å². The van der Waals surface area contributed by atoms with Crippen molar-refractivity contribution in [1.82, 2.24) is 0 Å². The molecular weight excluding hydrogens is 399 g/mol. The fourth-order valence-electron chi connectivity index (χ4n) is 3.28. The molecule has 1 atom stereocenters. The van der Waals surface area contributed by atoms with E-state index < -0.39 is 8.07 Å². The molecule has 126 valence electrons. The first-order chi connectivity index (χ1) is 9.47. The van der Waals surface area contributed by atoms with Crippen molar-refractivity contribution in [3.05, 3.63) is 50.6 Å². The molecule has 23 heavy (non-hydrogen) atoms. The Morgan fingerprint density at radius 2 is 1.61 bits per heavy atom. The Morgan fingerprint density at radius 3 is 2.04 bits per heavy atom. The molecule has 2 rings (SSSR count). The van der Waals surface area contributed by atoms with Gasteiger partial charge in [-0.1, -0.05) is 0 Å². The van der Waals surface area contributed by atoms with Crippen LogP contribution in [0.4, 0.5) is 0 Å². The van der Waals surface area contributed by atoms with Crippen LogP contribution in [0, 0.1) is 13.8 Å². The van der Waals surface area contributed by atoms with Gasteiger partial charge in [0.05, 0.1) is 0 Å². The Hall–Kier alpha value is 0.501. The molecule has 1 aromatic carbocycles. The van der Waals surface area contributed by atoms with Gasteiger partial charge in [0.15, 0.2) is 0 Å². The smallest absolute Gasteiger partial charge is 1.00 e. The topological polar surface area (TPSA) is 0 Å². The van der Waals surface area contributed by atoms with Gasteiger partial charge < -0.3 is 37.2 Å². The molecule has 0 amide bonds. The van der Waals surface area contributed by atoms with Crippen molar-refractivity contribution in [2.24, 2.45) is 0 Å². The summed E-state index contributed by atoms with van der Waals surface area (Å²) in [7, 11) is -1.55. The monoisotopic (exact) mass is 422 g/mol. The van der Waals surface area contributed by atoms with Crippen LogP contribution in [0.2, 0.25) is 12.6 Å². The Labute approximate surface area is 173 Å². The zero-order valence-corrected chi connectivity index (χ0v) is 19.2. The second kappa shape index (κ2) is 11.2. The Balaban J connectivity index is 0. The van der Waals surface area contributed by atoms with E-state index in [2.05, 4.69) is 78.1 Å². The van der Waals surface area contributed by atoms with E-state index in [0.717, 1.165) is 6.42 Å². The third kappa shape index (κ3) is 6.06. The molecule has 1 aromatic rings. The van der Waals surface area contributed by atoms with Crippen molar-refractivity contribution in [2.75, 3.05) is 0 Å². The summed E-state index contributed by atoms with van der Waals surface area (Å²) in [5, 5.41) is 3.32. The van der Waals surface area contributed by atoms with E-state index in [0.29, 0.717) is 0 Å². The van der Waals surface area contributed by atoms with Gasteiger partial charge in [0.25, 0.3) is 0 Å². The Morgan fingerprint density at radius 1 is 1.04 bits per heavy atom. The van der Waals surface area contributed by atoms with Crippen molar-refractivity contribution in [3.8, 4) is 0 Å². The fraction of sp³-hybridized carbons (Fsp3) is 0.444. The number of hydrogen-bond donors (Lipinski definition) is 0. The minimum absolute atomic E-state index is 0. The zero-order chi connectivity index (χ0) is 14.8. The van der Waals surface area contributed by atoms with Gasteiger partial charge in [-0.2, -0.15) is 0 Å². The molecule has 0 bridgehead atoms. The summed E-state index contributed by atoms with van der Waals surface area (Å²) in [6.45, 7) is 9.35. The largest absolute Gasteiger partial charge is 1.00 e. The van der Waals surface area contributed by atoms with E-state index in [1.165, 1.54) is 30.0 Å². The average molecular weight is 424 g/mol. The quantitative estimate of drug-likeness (QED) is 0.421. The summed E-state index contributed by atoms with van der Waals surface area (Å²) in [5.74, 6) is 0. The summed E-state index contributed by atoms with van der Waals surface area (Å²) in [4.78, 5) is 0. The molecule has 5 heteroatoms. The summed E-state index contributed by atoms with van der Waals surface area (Å²) in [6.07, 6.45) is 8.58. The van der Waals surface area contributed by atoms with Gasteiger partial charge in [-0.15, -0.1) is 0 Å². The summed E-state index contributed by atoms with van der Waals surface area (Å²) in [6, 6.07) is 8.57. The number of aryl methyl sites for hydroxylation is 2. The van der Waals surface area contributed by atoms with E-state index in [9.17, 15) is 0 Å². The first kappa shape index (κ1) is 25.7. The Bertz CT molecular complexity index is 549. The van der Waals surface area contributed by atoms with Crippen molar-refractivity contribution < 1.29 is 57.7 Å². The van der Waals surface area contributed by atoms with Gasteiger partial charge in [0.1, 0.15) is 0 Å². The SMILES string of the molecule is CCCC[Si](C)(C1=[C]([Ti+3])CC=C1)c1cc(C)cc(C)c1.[Cl-].[Cl-].[Cl-]. The maximum atomic E-state index is 2.57. The van der Waals surface area contributed by atoms with Gasteiger partial charge in [-0.05, 0) is 0 Å². The number of hydrogen-bond acceptors (Lipinski definition) is 0. The molecule has 0 heterocycles. The predicted molar refractivity (Wildman–Crippen MR) is 87.7 cm³/mol. The molecule has 0 nitrogen and oxygen atoms in total. The van der Waals surface area contributed by atoms with Crippen molar-refractivity contribution in [2.45, 2.75) is 52.6 Å². The van der Waals surface area contributed by atoms with Crippen molar-refractivity contribution in [3.63, 3.8) is 0 Å². The van der Waals surface area contributed by atoms with Crippen LogP contribution >= 0.6 is 0 Å². The van der Waals surface area contributed by atoms with Gasteiger partial charge in [-0.25, -0.2) is 0 Å². The molecule has 0 spiro atoms. The molecule has 1 aliphatic carbocycles. The number of allylic oxidation sites excluding steroid dienone is 4. The van der Waals surface area contributed by atoms with Crippen LogP contribution in [-0.2, 0) is 20.4 Å². The number of unbranched alkanes of at least 4 members (excludes halogenated alkanes) is 1. The third-order valence-corrected chi connectivity index (χ3v) is 10.1. The molecule has 0 saturated carbocycles. The molecule has 0 aromatic heterocycles. The van der Waals surface area contributed by atoms with Crippen LogP contribution in [0.3, 0.4) is 0 Å². The van der Waals surface area contributed by atoms with Crippen LogP contribution in [0.25, 0.3) is 0 Å². The number of halogens is 3. The molecule has 0 aliphatic heterocycles. The van der Waals surface area contributed by atoms with Crippen molar-refractivity contribution >= 4 is 13.3 Å². The van der Waals surface area contributed by atoms with Crippen molar-refractivity contribution in [1.29, 1.82) is 0 Å². The van der Waals surface area contributed by atoms with E-state index in [1.54, 1.807) is 14.3 Å². The summed E-state index contributed by atoms with van der Waals surface area (Å²) in [5.41, 5.74) is 2.82. The van der Waals surface area contributed by atoms with Gasteiger partial charge >= 0.3 is 137 Å². The van der Waals surface area contributed by atoms with Crippen LogP contribution in [-0.4, -0.2) is 8.07 Å². The Kier molecular flexibility index (Phi) is 12.5. The first-order valence-corrected chi connectivity index (χ1v) is 11.2. The molecule has 0 fully saturated rings. The second-order valence-corrected chi connectivity index (χ2v) is 11.5. The maximum absolute atomic E-state index is 2.57. The van der Waals surface area contributed by atoms with Crippen LogP contribution < -0.4 is 42.4 Å². The molecule has 0 N–H and O–H groups in total. The molecular formula is C18H25Cl3SiTi. The number of rotatable bonds is 5. The van der Waals surface area contributed by atoms with E-state index in [1.807, 2.05) is 0 Å². The normalized spacial score (nSPS) is 15.4. The third-order valence-electron chi connectivity index (χ3n) is 4.42. The molecule has 1 unspecified atom stereocenters. The minimum atomic E-state index is -1.55. The standard InChI is InChI=1S/C18H25Si.3ClH.Ti/c1-5-6-11-19(4,17-9-7-8-10-17)18-13-15(2)12-16(3)14-18;;;;/h7,9,12-14H,5-6,8,11H2,1-4H3;3*1H;/q;;;;+3/p-3. The first-order valence-electron chi connectivity index (χ1n) is 7.68. The molecule has 0 radical (unpaired) electrons. The molecule has 0 saturated heterocycles. The molecule has 1 aliphatic rings. The van der Waals surface area contributed by atoms with Gasteiger partial charge in [-0.3, -0.25) is 0 Å². The maximum Gasteiger partial charge on any atom is -1.00 e. The van der Waals surface area contributed by atoms with Crippen LogP contribution in [0.15, 0.2) is 39.4 Å². The van der Waals surface area contributed by atoms with E-state index in [4.69, 9.17) is 0 Å². The number of benzene rings is 1.